The molecule has 7 nitrogen and oxygen atoms in total. The van der Waals surface area contributed by atoms with Crippen LogP contribution in [0.2, 0.25) is 0 Å². The quantitative estimate of drug-likeness (QED) is 0.568. The molecule has 0 saturated carbocycles. The molecule has 0 fully saturated rings. The van der Waals surface area contributed by atoms with Gasteiger partial charge in [0, 0.05) is 24.5 Å². The summed E-state index contributed by atoms with van der Waals surface area (Å²) in [4.78, 5) is 12.4. The van der Waals surface area contributed by atoms with Crippen molar-refractivity contribution in [3.05, 3.63) is 77.2 Å². The molecule has 0 aliphatic rings. The Kier molecular flexibility index (Phi) is 4.39. The second-order valence-electron chi connectivity index (χ2n) is 6.11. The number of benzene rings is 1. The highest BCUT2D eigenvalue weighted by molar-refractivity contribution is 5.73. The minimum absolute atomic E-state index is 0.0259. The van der Waals surface area contributed by atoms with Crippen LogP contribution in [0.3, 0.4) is 0 Å². The van der Waals surface area contributed by atoms with E-state index in [1.54, 1.807) is 12.4 Å². The zero-order valence-electron chi connectivity index (χ0n) is 14.3. The Bertz CT molecular complexity index is 1170. The van der Waals surface area contributed by atoms with E-state index in [-0.39, 0.29) is 18.8 Å². The maximum absolute atomic E-state index is 12.8. The highest BCUT2D eigenvalue weighted by Gasteiger charge is 2.10. The Labute approximate surface area is 153 Å². The molecule has 0 unspecified atom stereocenters. The van der Waals surface area contributed by atoms with Crippen molar-refractivity contribution in [2.45, 2.75) is 6.54 Å². The van der Waals surface area contributed by atoms with Crippen molar-refractivity contribution in [2.24, 2.45) is 5.73 Å². The van der Waals surface area contributed by atoms with Crippen LogP contribution in [0, 0.1) is 0 Å². The fourth-order valence-corrected chi connectivity index (χ4v) is 2.92. The number of pyridine rings is 1. The molecule has 0 saturated heterocycles. The number of halogens is 1. The SMILES string of the molecule is NC/C(=C\F)Cn1nc2cc(-c3cccc(-c4ccn[nH]4)c3)ccn2c1=O. The fraction of sp³-hybridized carbons (Fsp3) is 0.105. The predicted octanol–water partition coefficient (Wildman–Crippen LogP) is 2.37. The summed E-state index contributed by atoms with van der Waals surface area (Å²) in [6.07, 6.45) is 3.79. The Balaban J connectivity index is 1.74. The van der Waals surface area contributed by atoms with E-state index in [1.807, 2.05) is 42.5 Å². The second-order valence-corrected chi connectivity index (χ2v) is 6.11. The normalized spacial score (nSPS) is 12.0. The van der Waals surface area contributed by atoms with Gasteiger partial charge >= 0.3 is 5.69 Å². The first-order valence-corrected chi connectivity index (χ1v) is 8.37. The third-order valence-corrected chi connectivity index (χ3v) is 4.36. The van der Waals surface area contributed by atoms with Crippen LogP contribution < -0.4 is 11.4 Å². The van der Waals surface area contributed by atoms with Gasteiger partial charge in [0.25, 0.3) is 0 Å². The van der Waals surface area contributed by atoms with Gasteiger partial charge in [-0.05, 0) is 41.0 Å². The molecule has 0 atom stereocenters. The summed E-state index contributed by atoms with van der Waals surface area (Å²) in [5.74, 6) is 0. The molecule has 0 radical (unpaired) electrons. The Morgan fingerprint density at radius 3 is 2.74 bits per heavy atom. The molecule has 0 aliphatic carbocycles. The first kappa shape index (κ1) is 16.9. The first-order chi connectivity index (χ1) is 13.2. The lowest BCUT2D eigenvalue weighted by Crippen LogP contribution is -2.23. The molecule has 0 spiro atoms. The summed E-state index contributed by atoms with van der Waals surface area (Å²) in [6.45, 7) is 0.0562. The van der Waals surface area contributed by atoms with Crippen molar-refractivity contribution >= 4 is 5.65 Å². The molecular weight excluding hydrogens is 347 g/mol. The van der Waals surface area contributed by atoms with Gasteiger partial charge in [-0.15, -0.1) is 5.10 Å². The van der Waals surface area contributed by atoms with Crippen LogP contribution in [0.15, 0.2) is 71.6 Å². The van der Waals surface area contributed by atoms with E-state index in [2.05, 4.69) is 15.3 Å². The maximum atomic E-state index is 12.8. The molecule has 4 aromatic rings. The van der Waals surface area contributed by atoms with Crippen molar-refractivity contribution in [1.82, 2.24) is 24.4 Å². The average Bonchev–Trinajstić information content (AvgIpc) is 3.35. The molecule has 0 bridgehead atoms. The number of fused-ring (bicyclic) bond motifs is 1. The van der Waals surface area contributed by atoms with Crippen LogP contribution >= 0.6 is 0 Å². The number of hydrogen-bond donors (Lipinski definition) is 2. The summed E-state index contributed by atoms with van der Waals surface area (Å²) in [5.41, 5.74) is 9.74. The Morgan fingerprint density at radius 2 is 2.00 bits per heavy atom. The van der Waals surface area contributed by atoms with Crippen molar-refractivity contribution in [1.29, 1.82) is 0 Å². The fourth-order valence-electron chi connectivity index (χ4n) is 2.92. The molecule has 0 aliphatic heterocycles. The van der Waals surface area contributed by atoms with E-state index in [0.717, 1.165) is 22.4 Å². The molecule has 136 valence electrons. The first-order valence-electron chi connectivity index (χ1n) is 8.37. The zero-order valence-corrected chi connectivity index (χ0v) is 14.3. The molecule has 1 aromatic carbocycles. The van der Waals surface area contributed by atoms with Gasteiger partial charge < -0.3 is 5.73 Å². The monoisotopic (exact) mass is 364 g/mol. The molecule has 8 heteroatoms. The largest absolute Gasteiger partial charge is 0.350 e. The minimum Gasteiger partial charge on any atom is -0.327 e. The third kappa shape index (κ3) is 3.18. The number of aromatic amines is 1. The number of aromatic nitrogens is 5. The lowest BCUT2D eigenvalue weighted by Gasteiger charge is -2.04. The molecule has 3 N–H and O–H groups in total. The highest BCUT2D eigenvalue weighted by Crippen LogP contribution is 2.25. The number of hydrogen-bond acceptors (Lipinski definition) is 4. The maximum Gasteiger partial charge on any atom is 0.350 e. The van der Waals surface area contributed by atoms with Crippen LogP contribution in [-0.2, 0) is 6.54 Å². The number of nitrogens with zero attached hydrogens (tertiary/aromatic N) is 4. The van der Waals surface area contributed by atoms with E-state index < -0.39 is 0 Å². The number of nitrogens with two attached hydrogens (primary N) is 1. The van der Waals surface area contributed by atoms with Crippen molar-refractivity contribution < 1.29 is 4.39 Å². The van der Waals surface area contributed by atoms with E-state index >= 15 is 0 Å². The van der Waals surface area contributed by atoms with Gasteiger partial charge in [0.2, 0.25) is 0 Å². The molecule has 0 amide bonds. The number of nitrogens with one attached hydrogen (secondary N) is 1. The van der Waals surface area contributed by atoms with E-state index in [9.17, 15) is 9.18 Å². The minimum atomic E-state index is -0.337. The van der Waals surface area contributed by atoms with Crippen LogP contribution in [-0.4, -0.2) is 30.9 Å². The van der Waals surface area contributed by atoms with Crippen LogP contribution in [0.5, 0.6) is 0 Å². The molecule has 4 rings (SSSR count). The van der Waals surface area contributed by atoms with Crippen molar-refractivity contribution in [3.8, 4) is 22.4 Å². The van der Waals surface area contributed by atoms with Gasteiger partial charge in [0.1, 0.15) is 0 Å². The summed E-state index contributed by atoms with van der Waals surface area (Å²) in [6, 6.07) is 13.5. The third-order valence-electron chi connectivity index (χ3n) is 4.36. The smallest absolute Gasteiger partial charge is 0.327 e. The number of H-pyrrole nitrogens is 1. The van der Waals surface area contributed by atoms with Crippen LogP contribution in [0.25, 0.3) is 28.0 Å². The van der Waals surface area contributed by atoms with Crippen LogP contribution in [0.1, 0.15) is 0 Å². The number of rotatable bonds is 5. The topological polar surface area (TPSA) is 94.0 Å². The summed E-state index contributed by atoms with van der Waals surface area (Å²) < 4.78 is 15.4. The van der Waals surface area contributed by atoms with Crippen molar-refractivity contribution in [3.63, 3.8) is 0 Å². The second kappa shape index (κ2) is 7.00. The molecular formula is C19H17FN6O. The summed E-state index contributed by atoms with van der Waals surface area (Å²) in [5, 5.41) is 11.2. The predicted molar refractivity (Wildman–Crippen MR) is 101 cm³/mol. The van der Waals surface area contributed by atoms with Gasteiger partial charge in [-0.1, -0.05) is 18.2 Å². The van der Waals surface area contributed by atoms with Gasteiger partial charge in [-0.2, -0.15) is 5.10 Å². The standard InChI is InChI=1S/C19H17FN6O/c20-10-13(11-21)12-26-19(27)25-7-5-15(9-18(25)24-26)14-2-1-3-16(8-14)17-4-6-22-23-17/h1-10H,11-12,21H2,(H,22,23)/b13-10+. The van der Waals surface area contributed by atoms with E-state index in [4.69, 9.17) is 5.73 Å². The lowest BCUT2D eigenvalue weighted by molar-refractivity contribution is 0.616. The molecule has 27 heavy (non-hydrogen) atoms. The highest BCUT2D eigenvalue weighted by atomic mass is 19.1. The van der Waals surface area contributed by atoms with Gasteiger partial charge in [0.05, 0.1) is 18.6 Å². The van der Waals surface area contributed by atoms with E-state index in [1.165, 1.54) is 9.08 Å². The van der Waals surface area contributed by atoms with E-state index in [0.29, 0.717) is 17.6 Å². The van der Waals surface area contributed by atoms with Gasteiger partial charge in [-0.25, -0.2) is 13.9 Å². The zero-order chi connectivity index (χ0) is 18.8. The van der Waals surface area contributed by atoms with Gasteiger partial charge in [0.15, 0.2) is 5.65 Å². The molecule has 3 heterocycles. The lowest BCUT2D eigenvalue weighted by atomic mass is 10.0. The summed E-state index contributed by atoms with van der Waals surface area (Å²) in [7, 11) is 0. The molecule has 3 aromatic heterocycles. The summed E-state index contributed by atoms with van der Waals surface area (Å²) >= 11 is 0. The van der Waals surface area contributed by atoms with Gasteiger partial charge in [-0.3, -0.25) is 9.50 Å². The van der Waals surface area contributed by atoms with Crippen LogP contribution in [0.4, 0.5) is 4.39 Å². The Morgan fingerprint density at radius 1 is 1.19 bits per heavy atom. The average molecular weight is 364 g/mol. The van der Waals surface area contributed by atoms with Crippen molar-refractivity contribution in [2.75, 3.05) is 6.54 Å². The Hall–Kier alpha value is -3.52.